The highest BCUT2D eigenvalue weighted by atomic mass is 32.2. The largest absolute Gasteiger partial charge is 0.450 e. The summed E-state index contributed by atoms with van der Waals surface area (Å²) in [5.74, 6) is -2.99. The molecule has 0 N–H and O–H groups in total. The fourth-order valence-electron chi connectivity index (χ4n) is 0.511. The average molecular weight is 224 g/mol. The van der Waals surface area contributed by atoms with Gasteiger partial charge in [-0.15, -0.1) is 0 Å². The lowest BCUT2D eigenvalue weighted by Gasteiger charge is -2.04. The fraction of sp³-hybridized carbons (Fsp3) is 0.250. The number of carbonyl (C=O) groups excluding carboxylic acids is 2. The average Bonchev–Trinajstić information content (AvgIpc) is 2.02. The molecule has 0 radical (unpaired) electrons. The SMILES string of the molecule is C=CSC(=C)C(=O)CC(=O)C(F)(F)F. The summed E-state index contributed by atoms with van der Waals surface area (Å²) in [5, 5.41) is 1.25. The normalized spacial score (nSPS) is 10.8. The molecule has 0 unspecified atom stereocenters. The number of rotatable bonds is 5. The molecule has 0 aromatic rings. The molecule has 0 saturated carbocycles. The number of allylic oxidation sites excluding steroid dienone is 1. The highest BCUT2D eigenvalue weighted by Crippen LogP contribution is 2.21. The molecule has 0 aliphatic rings. The minimum absolute atomic E-state index is 0.127. The molecule has 0 aliphatic heterocycles. The Bertz CT molecular complexity index is 281. The topological polar surface area (TPSA) is 34.1 Å². The quantitative estimate of drug-likeness (QED) is 0.531. The van der Waals surface area contributed by atoms with Crippen LogP contribution in [0.5, 0.6) is 0 Å². The van der Waals surface area contributed by atoms with E-state index in [1.165, 1.54) is 5.41 Å². The van der Waals surface area contributed by atoms with Crippen molar-refractivity contribution >= 4 is 23.3 Å². The zero-order chi connectivity index (χ0) is 11.4. The first-order valence-electron chi connectivity index (χ1n) is 3.38. The van der Waals surface area contributed by atoms with Crippen LogP contribution in [0.15, 0.2) is 23.5 Å². The van der Waals surface area contributed by atoms with E-state index < -0.39 is 24.2 Å². The zero-order valence-corrected chi connectivity index (χ0v) is 7.87. The molecule has 0 rings (SSSR count). The first-order chi connectivity index (χ1) is 6.29. The van der Waals surface area contributed by atoms with Crippen LogP contribution in [0.25, 0.3) is 0 Å². The van der Waals surface area contributed by atoms with E-state index in [9.17, 15) is 22.8 Å². The summed E-state index contributed by atoms with van der Waals surface area (Å²) in [5.41, 5.74) is 0. The van der Waals surface area contributed by atoms with Crippen molar-refractivity contribution in [1.29, 1.82) is 0 Å². The molecule has 0 atom stereocenters. The van der Waals surface area contributed by atoms with Crippen molar-refractivity contribution in [1.82, 2.24) is 0 Å². The predicted octanol–water partition coefficient (Wildman–Crippen LogP) is 2.47. The van der Waals surface area contributed by atoms with Crippen LogP contribution in [-0.2, 0) is 9.59 Å². The van der Waals surface area contributed by atoms with Crippen LogP contribution >= 0.6 is 11.8 Å². The highest BCUT2D eigenvalue weighted by molar-refractivity contribution is 8.06. The number of halogens is 3. The number of thioether (sulfide) groups is 1. The molecule has 78 valence electrons. The van der Waals surface area contributed by atoms with Crippen LogP contribution in [0.4, 0.5) is 13.2 Å². The molecule has 0 fully saturated rings. The first kappa shape index (κ1) is 13.0. The molecule has 6 heteroatoms. The second-order valence-electron chi connectivity index (χ2n) is 2.23. The Morgan fingerprint density at radius 2 is 1.86 bits per heavy atom. The molecule has 0 aromatic carbocycles. The Balaban J connectivity index is 4.27. The first-order valence-corrected chi connectivity index (χ1v) is 4.26. The van der Waals surface area contributed by atoms with Crippen LogP contribution < -0.4 is 0 Å². The van der Waals surface area contributed by atoms with E-state index in [1.807, 2.05) is 0 Å². The summed E-state index contributed by atoms with van der Waals surface area (Å²) in [7, 11) is 0. The van der Waals surface area contributed by atoms with Crippen molar-refractivity contribution in [2.24, 2.45) is 0 Å². The van der Waals surface area contributed by atoms with Gasteiger partial charge in [0, 0.05) is 4.91 Å². The van der Waals surface area contributed by atoms with Crippen LogP contribution in [-0.4, -0.2) is 17.7 Å². The predicted molar refractivity (Wildman–Crippen MR) is 47.6 cm³/mol. The second-order valence-corrected chi connectivity index (χ2v) is 3.29. The third-order valence-electron chi connectivity index (χ3n) is 1.17. The van der Waals surface area contributed by atoms with Crippen molar-refractivity contribution in [3.05, 3.63) is 23.5 Å². The standard InChI is InChI=1S/C8H7F3O2S/c1-3-14-5(2)6(12)4-7(13)8(9,10)11/h3H,1-2,4H2. The fourth-order valence-corrected chi connectivity index (χ4v) is 0.916. The van der Waals surface area contributed by atoms with Gasteiger partial charge in [-0.05, 0) is 5.41 Å². The van der Waals surface area contributed by atoms with Crippen molar-refractivity contribution in [2.75, 3.05) is 0 Å². The van der Waals surface area contributed by atoms with Gasteiger partial charge in [0.15, 0.2) is 5.78 Å². The van der Waals surface area contributed by atoms with Gasteiger partial charge in [0.2, 0.25) is 5.78 Å². The van der Waals surface area contributed by atoms with Crippen molar-refractivity contribution in [3.63, 3.8) is 0 Å². The van der Waals surface area contributed by atoms with Gasteiger partial charge in [-0.1, -0.05) is 24.9 Å². The third-order valence-corrected chi connectivity index (χ3v) is 1.85. The van der Waals surface area contributed by atoms with E-state index in [0.29, 0.717) is 0 Å². The molecular formula is C8H7F3O2S. The molecule has 0 spiro atoms. The Morgan fingerprint density at radius 1 is 1.36 bits per heavy atom. The maximum Gasteiger partial charge on any atom is 0.450 e. The lowest BCUT2D eigenvalue weighted by Crippen LogP contribution is -2.25. The second kappa shape index (κ2) is 4.99. The molecule has 2 nitrogen and oxygen atoms in total. The van der Waals surface area contributed by atoms with Gasteiger partial charge >= 0.3 is 6.18 Å². The molecule has 0 bridgehead atoms. The van der Waals surface area contributed by atoms with E-state index in [4.69, 9.17) is 0 Å². The lowest BCUT2D eigenvalue weighted by atomic mass is 10.2. The van der Waals surface area contributed by atoms with Gasteiger partial charge in [-0.2, -0.15) is 13.2 Å². The summed E-state index contributed by atoms with van der Waals surface area (Å²) in [6.45, 7) is 6.46. The number of hydrogen-bond acceptors (Lipinski definition) is 3. The van der Waals surface area contributed by atoms with Gasteiger partial charge in [0.25, 0.3) is 0 Å². The third kappa shape index (κ3) is 4.27. The molecule has 0 aromatic heterocycles. The van der Waals surface area contributed by atoms with E-state index in [0.717, 1.165) is 11.8 Å². The Kier molecular flexibility index (Phi) is 4.62. The minimum atomic E-state index is -4.96. The number of alkyl halides is 3. The van der Waals surface area contributed by atoms with E-state index in [1.54, 1.807) is 0 Å². The zero-order valence-electron chi connectivity index (χ0n) is 7.06. The van der Waals surface area contributed by atoms with Gasteiger partial charge in [0.1, 0.15) is 0 Å². The summed E-state index contributed by atoms with van der Waals surface area (Å²) in [6, 6.07) is 0. The van der Waals surface area contributed by atoms with Crippen LogP contribution in [0.1, 0.15) is 6.42 Å². The summed E-state index contributed by atoms with van der Waals surface area (Å²) in [6.07, 6.45) is -6.15. The number of carbonyl (C=O) groups is 2. The summed E-state index contributed by atoms with van der Waals surface area (Å²) in [4.78, 5) is 21.1. The number of Topliss-reactive ketones (excluding diaryl/α,β-unsaturated/α-hetero) is 2. The summed E-state index contributed by atoms with van der Waals surface area (Å²) < 4.78 is 35.1. The molecule has 0 heterocycles. The maximum absolute atomic E-state index is 11.7. The van der Waals surface area contributed by atoms with Gasteiger partial charge in [-0.3, -0.25) is 9.59 Å². The highest BCUT2D eigenvalue weighted by Gasteiger charge is 2.39. The Hall–Kier alpha value is -1.04. The van der Waals surface area contributed by atoms with Crippen LogP contribution in [0.2, 0.25) is 0 Å². The molecule has 0 aliphatic carbocycles. The molecule has 0 amide bonds. The minimum Gasteiger partial charge on any atom is -0.293 e. The smallest absolute Gasteiger partial charge is 0.293 e. The van der Waals surface area contributed by atoms with E-state index >= 15 is 0 Å². The lowest BCUT2D eigenvalue weighted by molar-refractivity contribution is -0.171. The van der Waals surface area contributed by atoms with Crippen LogP contribution in [0, 0.1) is 0 Å². The Morgan fingerprint density at radius 3 is 2.21 bits per heavy atom. The van der Waals surface area contributed by atoms with Crippen molar-refractivity contribution in [2.45, 2.75) is 12.6 Å². The van der Waals surface area contributed by atoms with Crippen LogP contribution in [0.3, 0.4) is 0 Å². The van der Waals surface area contributed by atoms with Crippen molar-refractivity contribution in [3.8, 4) is 0 Å². The molecule has 14 heavy (non-hydrogen) atoms. The van der Waals surface area contributed by atoms with Gasteiger partial charge < -0.3 is 0 Å². The Labute approximate surface area is 82.9 Å². The van der Waals surface area contributed by atoms with E-state index in [2.05, 4.69) is 13.2 Å². The van der Waals surface area contributed by atoms with Gasteiger partial charge in [0.05, 0.1) is 6.42 Å². The van der Waals surface area contributed by atoms with Crippen molar-refractivity contribution < 1.29 is 22.8 Å². The molecule has 0 saturated heterocycles. The maximum atomic E-state index is 11.7. The summed E-state index contributed by atoms with van der Waals surface area (Å²) >= 11 is 0.792. The molecular weight excluding hydrogens is 217 g/mol. The van der Waals surface area contributed by atoms with Gasteiger partial charge in [-0.25, -0.2) is 0 Å². The number of hydrogen-bond donors (Lipinski definition) is 0. The van der Waals surface area contributed by atoms with E-state index in [-0.39, 0.29) is 4.91 Å². The monoisotopic (exact) mass is 224 g/mol. The number of ketones is 2.